The van der Waals surface area contributed by atoms with Gasteiger partial charge in [0.1, 0.15) is 0 Å². The molecule has 0 radical (unpaired) electrons. The molecule has 0 aliphatic heterocycles. The number of aromatic nitrogens is 2. The summed E-state index contributed by atoms with van der Waals surface area (Å²) in [5.41, 5.74) is 2.53. The molecule has 3 nitrogen and oxygen atoms in total. The van der Waals surface area contributed by atoms with Gasteiger partial charge in [0.05, 0.1) is 11.0 Å². The summed E-state index contributed by atoms with van der Waals surface area (Å²) in [7, 11) is 0. The zero-order valence-corrected chi connectivity index (χ0v) is 8.82. The maximum Gasteiger partial charge on any atom is 0.256 e. The van der Waals surface area contributed by atoms with Gasteiger partial charge in [0.25, 0.3) is 5.56 Å². The minimum atomic E-state index is -0.0613. The summed E-state index contributed by atoms with van der Waals surface area (Å²) in [4.78, 5) is 19.1. The van der Waals surface area contributed by atoms with Crippen molar-refractivity contribution in [2.24, 2.45) is 0 Å². The summed E-state index contributed by atoms with van der Waals surface area (Å²) in [6.07, 6.45) is 0. The molecule has 2 heterocycles. The molecule has 0 unspecified atom stereocenters. The Morgan fingerprint density at radius 3 is 2.62 bits per heavy atom. The molecule has 1 aromatic carbocycles. The third-order valence-electron chi connectivity index (χ3n) is 2.71. The summed E-state index contributed by atoms with van der Waals surface area (Å²) in [5.74, 6) is 0. The fourth-order valence-corrected chi connectivity index (χ4v) is 1.94. The van der Waals surface area contributed by atoms with Crippen LogP contribution in [0.2, 0.25) is 0 Å². The van der Waals surface area contributed by atoms with Crippen molar-refractivity contribution in [1.29, 1.82) is 0 Å². The Labute approximate surface area is 91.8 Å². The molecular weight excluding hydrogens is 200 g/mol. The second kappa shape index (κ2) is 3.17. The van der Waals surface area contributed by atoms with Crippen molar-refractivity contribution >= 4 is 21.8 Å². The number of aryl methyl sites for hydroxylation is 1. The Morgan fingerprint density at radius 1 is 1.06 bits per heavy atom. The van der Waals surface area contributed by atoms with E-state index in [0.29, 0.717) is 5.39 Å². The van der Waals surface area contributed by atoms with Crippen LogP contribution in [0.3, 0.4) is 0 Å². The van der Waals surface area contributed by atoms with Crippen LogP contribution >= 0.6 is 0 Å². The number of hydrogen-bond donors (Lipinski definition) is 1. The molecule has 3 heteroatoms. The number of benzene rings is 1. The molecule has 2 aromatic heterocycles. The number of nitrogens with one attached hydrogen (secondary N) is 1. The van der Waals surface area contributed by atoms with Crippen LogP contribution in [0.1, 0.15) is 5.69 Å². The van der Waals surface area contributed by atoms with Crippen molar-refractivity contribution < 1.29 is 0 Å². The third-order valence-corrected chi connectivity index (χ3v) is 2.71. The quantitative estimate of drug-likeness (QED) is 0.579. The zero-order valence-electron chi connectivity index (χ0n) is 8.82. The van der Waals surface area contributed by atoms with Crippen molar-refractivity contribution in [3.63, 3.8) is 0 Å². The Kier molecular flexibility index (Phi) is 1.80. The first-order valence-electron chi connectivity index (χ1n) is 5.14. The molecule has 0 fully saturated rings. The smallest absolute Gasteiger partial charge is 0.256 e. The van der Waals surface area contributed by atoms with Gasteiger partial charge in [-0.3, -0.25) is 9.78 Å². The van der Waals surface area contributed by atoms with Gasteiger partial charge in [0, 0.05) is 16.5 Å². The fourth-order valence-electron chi connectivity index (χ4n) is 1.94. The van der Waals surface area contributed by atoms with Gasteiger partial charge >= 0.3 is 0 Å². The Bertz CT molecular complexity index is 744. The van der Waals surface area contributed by atoms with E-state index in [1.54, 1.807) is 0 Å². The van der Waals surface area contributed by atoms with E-state index in [9.17, 15) is 4.79 Å². The number of fused-ring (bicyclic) bond motifs is 3. The minimum absolute atomic E-state index is 0.0613. The zero-order chi connectivity index (χ0) is 11.1. The van der Waals surface area contributed by atoms with Gasteiger partial charge in [-0.25, -0.2) is 0 Å². The lowest BCUT2D eigenvalue weighted by Crippen LogP contribution is -2.06. The largest absolute Gasteiger partial charge is 0.320 e. The average molecular weight is 210 g/mol. The van der Waals surface area contributed by atoms with E-state index in [2.05, 4.69) is 9.97 Å². The number of pyridine rings is 2. The number of aromatic amines is 1. The molecule has 0 aliphatic rings. The molecule has 0 amide bonds. The van der Waals surface area contributed by atoms with Gasteiger partial charge in [-0.1, -0.05) is 18.2 Å². The van der Waals surface area contributed by atoms with Gasteiger partial charge in [0.15, 0.2) is 0 Å². The SMILES string of the molecule is Cc1ccc2[nH]c(=O)c3ccccc3c2n1. The molecular formula is C13H10N2O. The fraction of sp³-hybridized carbons (Fsp3) is 0.0769. The predicted molar refractivity (Wildman–Crippen MR) is 64.6 cm³/mol. The van der Waals surface area contributed by atoms with Gasteiger partial charge in [-0.15, -0.1) is 0 Å². The van der Waals surface area contributed by atoms with Gasteiger partial charge in [0.2, 0.25) is 0 Å². The highest BCUT2D eigenvalue weighted by molar-refractivity contribution is 6.02. The number of nitrogens with zero attached hydrogens (tertiary/aromatic N) is 1. The number of rotatable bonds is 0. The van der Waals surface area contributed by atoms with Crippen molar-refractivity contribution in [3.8, 4) is 0 Å². The van der Waals surface area contributed by atoms with Crippen molar-refractivity contribution in [3.05, 3.63) is 52.4 Å². The molecule has 0 spiro atoms. The first kappa shape index (κ1) is 9.09. The second-order valence-corrected chi connectivity index (χ2v) is 3.85. The van der Waals surface area contributed by atoms with Crippen LogP contribution in [0, 0.1) is 6.92 Å². The molecule has 3 rings (SSSR count). The molecule has 0 atom stereocenters. The van der Waals surface area contributed by atoms with Crippen LogP contribution in [0.25, 0.3) is 21.8 Å². The van der Waals surface area contributed by atoms with E-state index < -0.39 is 0 Å². The van der Waals surface area contributed by atoms with Crippen LogP contribution in [0.15, 0.2) is 41.2 Å². The van der Waals surface area contributed by atoms with E-state index in [-0.39, 0.29) is 5.56 Å². The number of H-pyrrole nitrogens is 1. The predicted octanol–water partition coefficient (Wildman–Crippen LogP) is 2.38. The summed E-state index contributed by atoms with van der Waals surface area (Å²) in [5, 5.41) is 1.60. The van der Waals surface area contributed by atoms with E-state index in [1.807, 2.05) is 43.3 Å². The summed E-state index contributed by atoms with van der Waals surface area (Å²) in [6.45, 7) is 1.94. The Hall–Kier alpha value is -2.16. The third kappa shape index (κ3) is 1.21. The Morgan fingerprint density at radius 2 is 1.81 bits per heavy atom. The topological polar surface area (TPSA) is 45.8 Å². The van der Waals surface area contributed by atoms with Gasteiger partial charge in [-0.05, 0) is 25.1 Å². The van der Waals surface area contributed by atoms with Crippen molar-refractivity contribution in [1.82, 2.24) is 9.97 Å². The highest BCUT2D eigenvalue weighted by atomic mass is 16.1. The molecule has 78 valence electrons. The van der Waals surface area contributed by atoms with Crippen LogP contribution in [0.5, 0.6) is 0 Å². The van der Waals surface area contributed by atoms with Crippen molar-refractivity contribution in [2.75, 3.05) is 0 Å². The molecule has 3 aromatic rings. The molecule has 0 aliphatic carbocycles. The maximum atomic E-state index is 11.8. The first-order valence-corrected chi connectivity index (χ1v) is 5.14. The van der Waals surface area contributed by atoms with Crippen LogP contribution in [-0.4, -0.2) is 9.97 Å². The van der Waals surface area contributed by atoms with E-state index in [4.69, 9.17) is 0 Å². The highest BCUT2D eigenvalue weighted by Gasteiger charge is 2.04. The highest BCUT2D eigenvalue weighted by Crippen LogP contribution is 2.18. The van der Waals surface area contributed by atoms with Crippen molar-refractivity contribution in [2.45, 2.75) is 6.92 Å². The molecule has 1 N–H and O–H groups in total. The maximum absolute atomic E-state index is 11.8. The summed E-state index contributed by atoms with van der Waals surface area (Å²) >= 11 is 0. The summed E-state index contributed by atoms with van der Waals surface area (Å²) < 4.78 is 0. The van der Waals surface area contributed by atoms with Crippen LogP contribution in [-0.2, 0) is 0 Å². The Balaban J connectivity index is 2.66. The van der Waals surface area contributed by atoms with Crippen LogP contribution in [0.4, 0.5) is 0 Å². The monoisotopic (exact) mass is 210 g/mol. The molecule has 0 saturated carbocycles. The molecule has 16 heavy (non-hydrogen) atoms. The lowest BCUT2D eigenvalue weighted by atomic mass is 10.1. The lowest BCUT2D eigenvalue weighted by Gasteiger charge is -2.03. The normalized spacial score (nSPS) is 11.1. The van der Waals surface area contributed by atoms with Gasteiger partial charge < -0.3 is 4.98 Å². The van der Waals surface area contributed by atoms with E-state index in [1.165, 1.54) is 0 Å². The average Bonchev–Trinajstić information content (AvgIpc) is 2.31. The second-order valence-electron chi connectivity index (χ2n) is 3.85. The lowest BCUT2D eigenvalue weighted by molar-refractivity contribution is 1.23. The summed E-state index contributed by atoms with van der Waals surface area (Å²) in [6, 6.07) is 11.3. The molecule has 0 saturated heterocycles. The first-order chi connectivity index (χ1) is 7.75. The minimum Gasteiger partial charge on any atom is -0.320 e. The van der Waals surface area contributed by atoms with E-state index >= 15 is 0 Å². The standard InChI is InChI=1S/C13H10N2O/c1-8-6-7-11-12(14-8)9-4-2-3-5-10(9)13(16)15-11/h2-7H,1H3,(H,15,16). The number of hydrogen-bond acceptors (Lipinski definition) is 2. The van der Waals surface area contributed by atoms with Crippen LogP contribution < -0.4 is 5.56 Å². The van der Waals surface area contributed by atoms with Gasteiger partial charge in [-0.2, -0.15) is 0 Å². The van der Waals surface area contributed by atoms with E-state index in [0.717, 1.165) is 22.1 Å². The molecule has 0 bridgehead atoms.